The smallest absolute Gasteiger partial charge is 0.0194 e. The van der Waals surface area contributed by atoms with E-state index >= 15 is 0 Å². The Kier molecular flexibility index (Phi) is 38.5. The Morgan fingerprint density at radius 3 is 1.40 bits per heavy atom. The third-order valence-electron chi connectivity index (χ3n) is 0.349. The molecule has 0 fully saturated rings. The molecule has 10 heavy (non-hydrogen) atoms. The van der Waals surface area contributed by atoms with Crippen LogP contribution in [0.2, 0.25) is 0 Å². The zero-order valence-electron chi connectivity index (χ0n) is 8.23. The lowest BCUT2D eigenvalue weighted by molar-refractivity contribution is 1.50. The lowest BCUT2D eigenvalue weighted by Crippen LogP contribution is -1.73. The van der Waals surface area contributed by atoms with Crippen molar-refractivity contribution in [3.63, 3.8) is 0 Å². The van der Waals surface area contributed by atoms with Gasteiger partial charge in [-0.1, -0.05) is 34.3 Å². The van der Waals surface area contributed by atoms with Gasteiger partial charge in [-0.3, -0.25) is 4.99 Å². The van der Waals surface area contributed by atoms with E-state index < -0.39 is 0 Å². The van der Waals surface area contributed by atoms with E-state index in [0.29, 0.717) is 0 Å². The second kappa shape index (κ2) is 23.7. The standard InChI is InChI=1S/C5H9N.2C2H6/c1-4-6-5(2)3;2*1-2/h4H,1H2,2-3H3;2*1-2H3. The molecule has 0 aliphatic carbocycles. The van der Waals surface area contributed by atoms with Crippen molar-refractivity contribution < 1.29 is 0 Å². The third-order valence-corrected chi connectivity index (χ3v) is 0.349. The first-order chi connectivity index (χ1) is 4.77. The Bertz CT molecular complexity index is 68.8. The molecule has 0 rings (SSSR count). The summed E-state index contributed by atoms with van der Waals surface area (Å²) < 4.78 is 0. The van der Waals surface area contributed by atoms with Gasteiger partial charge < -0.3 is 0 Å². The van der Waals surface area contributed by atoms with Crippen LogP contribution in [-0.2, 0) is 0 Å². The summed E-state index contributed by atoms with van der Waals surface area (Å²) in [6, 6.07) is 0. The highest BCUT2D eigenvalue weighted by Crippen LogP contribution is 1.71. The first kappa shape index (κ1) is 16.2. The van der Waals surface area contributed by atoms with Crippen LogP contribution in [0.5, 0.6) is 0 Å². The summed E-state index contributed by atoms with van der Waals surface area (Å²) >= 11 is 0. The fourth-order valence-electron chi connectivity index (χ4n) is 0.183. The van der Waals surface area contributed by atoms with E-state index in [4.69, 9.17) is 0 Å². The summed E-state index contributed by atoms with van der Waals surface area (Å²) in [5, 5.41) is 0. The maximum absolute atomic E-state index is 3.81. The van der Waals surface area contributed by atoms with Gasteiger partial charge in [-0.25, -0.2) is 0 Å². The van der Waals surface area contributed by atoms with Gasteiger partial charge in [0, 0.05) is 11.9 Å². The minimum atomic E-state index is 1.05. The predicted molar refractivity (Wildman–Crippen MR) is 51.7 cm³/mol. The van der Waals surface area contributed by atoms with E-state index in [1.807, 2.05) is 41.5 Å². The molecule has 0 saturated carbocycles. The van der Waals surface area contributed by atoms with Crippen molar-refractivity contribution in [3.8, 4) is 0 Å². The average Bonchev–Trinajstić information content (AvgIpc) is 1.96. The molecule has 0 N–H and O–H groups in total. The van der Waals surface area contributed by atoms with E-state index in [0.717, 1.165) is 5.71 Å². The second-order valence-electron chi connectivity index (χ2n) is 1.26. The molecule has 0 aromatic heterocycles. The molecule has 0 radical (unpaired) electrons. The Morgan fingerprint density at radius 2 is 1.40 bits per heavy atom. The molecular weight excluding hydrogens is 122 g/mol. The van der Waals surface area contributed by atoms with Crippen LogP contribution in [0.4, 0.5) is 0 Å². The quantitative estimate of drug-likeness (QED) is 0.497. The summed E-state index contributed by atoms with van der Waals surface area (Å²) in [6.45, 7) is 15.3. The van der Waals surface area contributed by atoms with Crippen LogP contribution >= 0.6 is 0 Å². The van der Waals surface area contributed by atoms with Crippen molar-refractivity contribution in [1.29, 1.82) is 0 Å². The van der Waals surface area contributed by atoms with E-state index in [1.54, 1.807) is 0 Å². The van der Waals surface area contributed by atoms with Crippen LogP contribution < -0.4 is 0 Å². The molecule has 0 heterocycles. The Morgan fingerprint density at radius 1 is 1.10 bits per heavy atom. The topological polar surface area (TPSA) is 12.4 Å². The molecule has 0 aliphatic heterocycles. The fraction of sp³-hybridized carbons (Fsp3) is 0.667. The minimum Gasteiger partial charge on any atom is -0.267 e. The molecule has 0 aromatic rings. The van der Waals surface area contributed by atoms with Gasteiger partial charge in [0.2, 0.25) is 0 Å². The molecule has 0 amide bonds. The molecule has 1 nitrogen and oxygen atoms in total. The van der Waals surface area contributed by atoms with Crippen molar-refractivity contribution in [3.05, 3.63) is 12.8 Å². The third kappa shape index (κ3) is 52.4. The van der Waals surface area contributed by atoms with Gasteiger partial charge in [-0.15, -0.1) is 0 Å². The number of nitrogens with zero attached hydrogens (tertiary/aromatic N) is 1. The molecule has 0 unspecified atom stereocenters. The van der Waals surface area contributed by atoms with Crippen LogP contribution in [0.3, 0.4) is 0 Å². The summed E-state index contributed by atoms with van der Waals surface area (Å²) in [5.74, 6) is 0. The average molecular weight is 143 g/mol. The van der Waals surface area contributed by atoms with Crippen LogP contribution in [0.1, 0.15) is 41.5 Å². The van der Waals surface area contributed by atoms with Crippen LogP contribution in [0.15, 0.2) is 17.8 Å². The maximum atomic E-state index is 3.81. The highest BCUT2D eigenvalue weighted by molar-refractivity contribution is 5.79. The molecule has 0 aliphatic rings. The lowest BCUT2D eigenvalue weighted by Gasteiger charge is -1.76. The highest BCUT2D eigenvalue weighted by atomic mass is 14.7. The fourth-order valence-corrected chi connectivity index (χ4v) is 0.183. The van der Waals surface area contributed by atoms with Crippen LogP contribution in [0.25, 0.3) is 0 Å². The Labute approximate surface area is 65.9 Å². The molecule has 0 atom stereocenters. The normalized spacial score (nSPS) is 5.40. The van der Waals surface area contributed by atoms with Gasteiger partial charge in [0.25, 0.3) is 0 Å². The number of rotatable bonds is 1. The maximum Gasteiger partial charge on any atom is 0.0194 e. The van der Waals surface area contributed by atoms with Gasteiger partial charge in [0.1, 0.15) is 0 Å². The van der Waals surface area contributed by atoms with Gasteiger partial charge in [0.15, 0.2) is 0 Å². The summed E-state index contributed by atoms with van der Waals surface area (Å²) in [7, 11) is 0. The predicted octanol–water partition coefficient (Wildman–Crippen LogP) is 3.66. The Hall–Kier alpha value is -0.590. The largest absolute Gasteiger partial charge is 0.267 e. The van der Waals surface area contributed by atoms with Gasteiger partial charge in [0.05, 0.1) is 0 Å². The summed E-state index contributed by atoms with van der Waals surface area (Å²) in [6.07, 6.45) is 1.54. The monoisotopic (exact) mass is 143 g/mol. The van der Waals surface area contributed by atoms with Crippen molar-refractivity contribution in [2.75, 3.05) is 0 Å². The van der Waals surface area contributed by atoms with E-state index in [-0.39, 0.29) is 0 Å². The number of hydrogen-bond acceptors (Lipinski definition) is 1. The van der Waals surface area contributed by atoms with Crippen molar-refractivity contribution >= 4 is 5.71 Å². The van der Waals surface area contributed by atoms with E-state index in [2.05, 4.69) is 11.6 Å². The van der Waals surface area contributed by atoms with E-state index in [9.17, 15) is 0 Å². The van der Waals surface area contributed by atoms with Gasteiger partial charge in [-0.2, -0.15) is 0 Å². The van der Waals surface area contributed by atoms with Gasteiger partial charge >= 0.3 is 0 Å². The highest BCUT2D eigenvalue weighted by Gasteiger charge is 1.64. The first-order valence-corrected chi connectivity index (χ1v) is 3.89. The zero-order valence-corrected chi connectivity index (χ0v) is 8.23. The second-order valence-corrected chi connectivity index (χ2v) is 1.26. The number of aliphatic imine (C=N–C) groups is 1. The zero-order chi connectivity index (χ0) is 8.99. The van der Waals surface area contributed by atoms with Crippen molar-refractivity contribution in [1.82, 2.24) is 0 Å². The van der Waals surface area contributed by atoms with E-state index in [1.165, 1.54) is 6.20 Å². The van der Waals surface area contributed by atoms with Crippen LogP contribution in [-0.4, -0.2) is 5.71 Å². The molecular formula is C9H21N. The van der Waals surface area contributed by atoms with Gasteiger partial charge in [-0.05, 0) is 13.8 Å². The summed E-state index contributed by atoms with van der Waals surface area (Å²) in [4.78, 5) is 3.81. The lowest BCUT2D eigenvalue weighted by atomic mass is 10.5. The van der Waals surface area contributed by atoms with Crippen molar-refractivity contribution in [2.24, 2.45) is 4.99 Å². The molecule has 62 valence electrons. The van der Waals surface area contributed by atoms with Crippen LogP contribution in [0, 0.1) is 0 Å². The molecule has 1 heteroatoms. The minimum absolute atomic E-state index is 1.05. The van der Waals surface area contributed by atoms with Crippen molar-refractivity contribution in [2.45, 2.75) is 41.5 Å². The SMILES string of the molecule is C=CN=C(C)C.CC.CC. The number of hydrogen-bond donors (Lipinski definition) is 0. The molecule has 0 saturated heterocycles. The molecule has 0 spiro atoms. The Balaban J connectivity index is -0.000000105. The molecule has 0 bridgehead atoms. The first-order valence-electron chi connectivity index (χ1n) is 3.89. The molecule has 0 aromatic carbocycles. The summed E-state index contributed by atoms with van der Waals surface area (Å²) in [5.41, 5.74) is 1.05.